The van der Waals surface area contributed by atoms with E-state index in [4.69, 9.17) is 10.5 Å². The molecule has 4 heteroatoms. The van der Waals surface area contributed by atoms with Crippen LogP contribution >= 0.6 is 15.9 Å². The number of hydrogen-bond acceptors (Lipinski definition) is 3. The van der Waals surface area contributed by atoms with E-state index in [9.17, 15) is 0 Å². The second-order valence-electron chi connectivity index (χ2n) is 4.67. The SMILES string of the molecule is CN(CC1CCCOC1)c1cc(Br)ccc1N. The van der Waals surface area contributed by atoms with Crippen molar-refractivity contribution in [1.29, 1.82) is 0 Å². The number of nitrogen functional groups attached to an aromatic ring is 1. The van der Waals surface area contributed by atoms with Crippen molar-refractivity contribution in [3.8, 4) is 0 Å². The van der Waals surface area contributed by atoms with Crippen molar-refractivity contribution in [1.82, 2.24) is 0 Å². The fraction of sp³-hybridized carbons (Fsp3) is 0.538. The predicted octanol–water partition coefficient (Wildman–Crippen LogP) is 2.89. The topological polar surface area (TPSA) is 38.5 Å². The number of anilines is 2. The summed E-state index contributed by atoms with van der Waals surface area (Å²) in [6.45, 7) is 2.79. The van der Waals surface area contributed by atoms with Gasteiger partial charge in [-0.25, -0.2) is 0 Å². The minimum absolute atomic E-state index is 0.618. The molecule has 1 aliphatic heterocycles. The summed E-state index contributed by atoms with van der Waals surface area (Å²) >= 11 is 3.48. The van der Waals surface area contributed by atoms with Gasteiger partial charge in [0.2, 0.25) is 0 Å². The molecular weight excluding hydrogens is 280 g/mol. The molecule has 0 spiro atoms. The second-order valence-corrected chi connectivity index (χ2v) is 5.58. The second kappa shape index (κ2) is 5.74. The first kappa shape index (κ1) is 12.7. The third-order valence-electron chi connectivity index (χ3n) is 3.19. The van der Waals surface area contributed by atoms with Crippen LogP contribution in [0.1, 0.15) is 12.8 Å². The number of hydrogen-bond donors (Lipinski definition) is 1. The van der Waals surface area contributed by atoms with E-state index in [0.29, 0.717) is 5.92 Å². The predicted molar refractivity (Wildman–Crippen MR) is 75.4 cm³/mol. The van der Waals surface area contributed by atoms with Gasteiger partial charge in [0.1, 0.15) is 0 Å². The smallest absolute Gasteiger partial charge is 0.0608 e. The van der Waals surface area contributed by atoms with Gasteiger partial charge in [-0.15, -0.1) is 0 Å². The normalized spacial score (nSPS) is 20.2. The van der Waals surface area contributed by atoms with Crippen LogP contribution in [0, 0.1) is 5.92 Å². The fourth-order valence-electron chi connectivity index (χ4n) is 2.28. The Morgan fingerprint density at radius 3 is 3.06 bits per heavy atom. The number of halogens is 1. The molecule has 3 nitrogen and oxygen atoms in total. The Kier molecular flexibility index (Phi) is 4.29. The number of ether oxygens (including phenoxy) is 1. The molecule has 1 aromatic rings. The van der Waals surface area contributed by atoms with Crippen LogP contribution in [0.25, 0.3) is 0 Å². The van der Waals surface area contributed by atoms with E-state index < -0.39 is 0 Å². The zero-order chi connectivity index (χ0) is 12.3. The lowest BCUT2D eigenvalue weighted by Crippen LogP contribution is -2.31. The van der Waals surface area contributed by atoms with Crippen molar-refractivity contribution >= 4 is 27.3 Å². The maximum Gasteiger partial charge on any atom is 0.0608 e. The van der Waals surface area contributed by atoms with Crippen molar-refractivity contribution < 1.29 is 4.74 Å². The van der Waals surface area contributed by atoms with Crippen molar-refractivity contribution in [2.75, 3.05) is 37.4 Å². The average molecular weight is 299 g/mol. The standard InChI is InChI=1S/C13H19BrN2O/c1-16(8-10-3-2-6-17-9-10)13-7-11(14)4-5-12(13)15/h4-5,7,10H,2-3,6,8-9,15H2,1H3. The van der Waals surface area contributed by atoms with Crippen LogP contribution in [0.5, 0.6) is 0 Å². The Bertz CT molecular complexity index is 378. The summed E-state index contributed by atoms with van der Waals surface area (Å²) in [5, 5.41) is 0. The number of nitrogens with two attached hydrogens (primary N) is 1. The lowest BCUT2D eigenvalue weighted by Gasteiger charge is -2.29. The Hall–Kier alpha value is -0.740. The van der Waals surface area contributed by atoms with Gasteiger partial charge in [0.05, 0.1) is 18.0 Å². The molecule has 0 aromatic heterocycles. The monoisotopic (exact) mass is 298 g/mol. The van der Waals surface area contributed by atoms with Gasteiger partial charge in [0.15, 0.2) is 0 Å². The molecule has 1 aliphatic rings. The van der Waals surface area contributed by atoms with Crippen LogP contribution in [-0.2, 0) is 4.74 Å². The van der Waals surface area contributed by atoms with Gasteiger partial charge in [-0.05, 0) is 37.0 Å². The third-order valence-corrected chi connectivity index (χ3v) is 3.68. The molecule has 1 saturated heterocycles. The van der Waals surface area contributed by atoms with Crippen LogP contribution in [0.3, 0.4) is 0 Å². The summed E-state index contributed by atoms with van der Waals surface area (Å²) in [5.41, 5.74) is 7.92. The molecule has 1 fully saturated rings. The molecule has 0 saturated carbocycles. The first-order valence-corrected chi connectivity index (χ1v) is 6.80. The highest BCUT2D eigenvalue weighted by Crippen LogP contribution is 2.27. The average Bonchev–Trinajstić information content (AvgIpc) is 2.33. The summed E-state index contributed by atoms with van der Waals surface area (Å²) in [7, 11) is 2.09. The van der Waals surface area contributed by atoms with Gasteiger partial charge in [0.25, 0.3) is 0 Å². The van der Waals surface area contributed by atoms with Crippen molar-refractivity contribution in [3.63, 3.8) is 0 Å². The molecule has 0 amide bonds. The highest BCUT2D eigenvalue weighted by atomic mass is 79.9. The molecule has 94 valence electrons. The summed E-state index contributed by atoms with van der Waals surface area (Å²) < 4.78 is 6.57. The molecule has 2 rings (SSSR count). The largest absolute Gasteiger partial charge is 0.397 e. The highest BCUT2D eigenvalue weighted by Gasteiger charge is 2.17. The maximum atomic E-state index is 6.00. The lowest BCUT2D eigenvalue weighted by molar-refractivity contribution is 0.0576. The van der Waals surface area contributed by atoms with E-state index >= 15 is 0 Å². The van der Waals surface area contributed by atoms with Crippen LogP contribution < -0.4 is 10.6 Å². The zero-order valence-corrected chi connectivity index (χ0v) is 11.7. The van der Waals surface area contributed by atoms with Crippen LogP contribution in [0.4, 0.5) is 11.4 Å². The van der Waals surface area contributed by atoms with Gasteiger partial charge in [-0.3, -0.25) is 0 Å². The first-order chi connectivity index (χ1) is 8.16. The van der Waals surface area contributed by atoms with Gasteiger partial charge >= 0.3 is 0 Å². The van der Waals surface area contributed by atoms with Crippen molar-refractivity contribution in [3.05, 3.63) is 22.7 Å². The molecule has 0 radical (unpaired) electrons. The summed E-state index contributed by atoms with van der Waals surface area (Å²) in [5.74, 6) is 0.618. The first-order valence-electron chi connectivity index (χ1n) is 6.00. The Morgan fingerprint density at radius 1 is 1.53 bits per heavy atom. The molecular formula is C13H19BrN2O. The van der Waals surface area contributed by atoms with Crippen molar-refractivity contribution in [2.24, 2.45) is 5.92 Å². The quantitative estimate of drug-likeness (QED) is 0.872. The molecule has 0 aliphatic carbocycles. The number of benzene rings is 1. The fourth-order valence-corrected chi connectivity index (χ4v) is 2.63. The molecule has 2 N–H and O–H groups in total. The molecule has 0 bridgehead atoms. The molecule has 1 atom stereocenters. The highest BCUT2D eigenvalue weighted by molar-refractivity contribution is 9.10. The van der Waals surface area contributed by atoms with Crippen molar-refractivity contribution in [2.45, 2.75) is 12.8 Å². The minimum Gasteiger partial charge on any atom is -0.397 e. The van der Waals surface area contributed by atoms with Crippen LogP contribution in [0.15, 0.2) is 22.7 Å². The van der Waals surface area contributed by atoms with E-state index in [-0.39, 0.29) is 0 Å². The molecule has 1 heterocycles. The van der Waals surface area contributed by atoms with Gasteiger partial charge in [-0.2, -0.15) is 0 Å². The lowest BCUT2D eigenvalue weighted by atomic mass is 10.0. The Balaban J connectivity index is 2.02. The minimum atomic E-state index is 0.618. The van der Waals surface area contributed by atoms with E-state index in [0.717, 1.165) is 35.6 Å². The Labute approximate surface area is 111 Å². The van der Waals surface area contributed by atoms with E-state index in [1.807, 2.05) is 12.1 Å². The van der Waals surface area contributed by atoms with Crippen LogP contribution in [-0.4, -0.2) is 26.8 Å². The van der Waals surface area contributed by atoms with E-state index in [2.05, 4.69) is 33.9 Å². The summed E-state index contributed by atoms with van der Waals surface area (Å²) in [6, 6.07) is 5.97. The van der Waals surface area contributed by atoms with Gasteiger partial charge in [-0.1, -0.05) is 15.9 Å². The zero-order valence-electron chi connectivity index (χ0n) is 10.2. The van der Waals surface area contributed by atoms with E-state index in [1.54, 1.807) is 0 Å². The Morgan fingerprint density at radius 2 is 2.35 bits per heavy atom. The number of nitrogens with zero attached hydrogens (tertiary/aromatic N) is 1. The molecule has 1 unspecified atom stereocenters. The van der Waals surface area contributed by atoms with E-state index in [1.165, 1.54) is 12.8 Å². The summed E-state index contributed by atoms with van der Waals surface area (Å²) in [6.07, 6.45) is 2.42. The third kappa shape index (κ3) is 3.36. The molecule has 1 aromatic carbocycles. The summed E-state index contributed by atoms with van der Waals surface area (Å²) in [4.78, 5) is 2.22. The molecule has 17 heavy (non-hydrogen) atoms. The van der Waals surface area contributed by atoms with Gasteiger partial charge in [0, 0.05) is 24.7 Å². The van der Waals surface area contributed by atoms with Gasteiger partial charge < -0.3 is 15.4 Å². The maximum absolute atomic E-state index is 6.00. The number of rotatable bonds is 3. The van der Waals surface area contributed by atoms with Crippen LogP contribution in [0.2, 0.25) is 0 Å².